The number of ether oxygens (including phenoxy) is 1. The molecule has 1 aliphatic carbocycles. The van der Waals surface area contributed by atoms with Crippen LogP contribution in [0.5, 0.6) is 5.75 Å². The Kier molecular flexibility index (Phi) is 5.79. The molecule has 0 spiro atoms. The molecule has 26 heavy (non-hydrogen) atoms. The predicted molar refractivity (Wildman–Crippen MR) is 99.2 cm³/mol. The van der Waals surface area contributed by atoms with Gasteiger partial charge in [-0.1, -0.05) is 32.8 Å². The lowest BCUT2D eigenvalue weighted by atomic mass is 9.80. The zero-order chi connectivity index (χ0) is 18.7. The average Bonchev–Trinajstić information content (AvgIpc) is 2.62. The van der Waals surface area contributed by atoms with E-state index in [-0.39, 0.29) is 11.6 Å². The van der Waals surface area contributed by atoms with Crippen molar-refractivity contribution in [3.05, 3.63) is 41.7 Å². The Morgan fingerprint density at radius 2 is 1.73 bits per heavy atom. The summed E-state index contributed by atoms with van der Waals surface area (Å²) < 4.78 is 48.4. The van der Waals surface area contributed by atoms with Gasteiger partial charge in [0.1, 0.15) is 11.6 Å². The molecule has 2 aromatic rings. The van der Waals surface area contributed by atoms with Crippen LogP contribution in [-0.4, -0.2) is 6.11 Å². The maximum absolute atomic E-state index is 14.6. The normalized spacial score (nSPS) is 21.1. The number of hydrogen-bond donors (Lipinski definition) is 0. The molecule has 0 bridgehead atoms. The number of halogens is 3. The standard InChI is InChI=1S/C22H27F3O/c1-3-5-17-12-16-8-11-20(13-18(16)14-21(17)23)26-22(24,25)19-9-6-15(4-2)7-10-19/h8,11-15,19H,3-7,9-10H2,1-2H3. The summed E-state index contributed by atoms with van der Waals surface area (Å²) in [5.74, 6) is -0.378. The highest BCUT2D eigenvalue weighted by atomic mass is 19.3. The van der Waals surface area contributed by atoms with Crippen LogP contribution in [0.1, 0.15) is 57.9 Å². The van der Waals surface area contributed by atoms with Crippen molar-refractivity contribution in [1.29, 1.82) is 0 Å². The molecule has 0 saturated heterocycles. The van der Waals surface area contributed by atoms with Gasteiger partial charge in [-0.3, -0.25) is 0 Å². The van der Waals surface area contributed by atoms with Gasteiger partial charge in [0, 0.05) is 0 Å². The van der Waals surface area contributed by atoms with Gasteiger partial charge in [-0.15, -0.1) is 0 Å². The smallest absolute Gasteiger partial charge is 0.400 e. The first kappa shape index (κ1) is 19.1. The van der Waals surface area contributed by atoms with E-state index in [1.807, 2.05) is 6.92 Å². The number of fused-ring (bicyclic) bond motifs is 1. The summed E-state index contributed by atoms with van der Waals surface area (Å²) >= 11 is 0. The van der Waals surface area contributed by atoms with Gasteiger partial charge >= 0.3 is 6.11 Å². The van der Waals surface area contributed by atoms with Crippen molar-refractivity contribution < 1.29 is 17.9 Å². The van der Waals surface area contributed by atoms with E-state index in [1.165, 1.54) is 12.1 Å². The van der Waals surface area contributed by atoms with Crippen LogP contribution in [-0.2, 0) is 6.42 Å². The lowest BCUT2D eigenvalue weighted by molar-refractivity contribution is -0.223. The van der Waals surface area contributed by atoms with Crippen molar-refractivity contribution in [1.82, 2.24) is 0 Å². The van der Waals surface area contributed by atoms with Crippen molar-refractivity contribution in [2.75, 3.05) is 0 Å². The molecular weight excluding hydrogens is 337 g/mol. The SMILES string of the molecule is CCCc1cc2ccc(OC(F)(F)C3CCC(CC)CC3)cc2cc1F. The Bertz CT molecular complexity index is 748. The zero-order valence-electron chi connectivity index (χ0n) is 15.5. The van der Waals surface area contributed by atoms with E-state index in [1.54, 1.807) is 18.2 Å². The third-order valence-corrected chi connectivity index (χ3v) is 5.65. The first-order valence-electron chi connectivity index (χ1n) is 9.72. The number of alkyl halides is 2. The van der Waals surface area contributed by atoms with Crippen LogP contribution >= 0.6 is 0 Å². The van der Waals surface area contributed by atoms with Gasteiger partial charge in [0.25, 0.3) is 0 Å². The van der Waals surface area contributed by atoms with Gasteiger partial charge in [-0.25, -0.2) is 4.39 Å². The fourth-order valence-electron chi connectivity index (χ4n) is 3.97. The Balaban J connectivity index is 1.76. The zero-order valence-corrected chi connectivity index (χ0v) is 15.5. The van der Waals surface area contributed by atoms with Crippen LogP contribution in [0.2, 0.25) is 0 Å². The van der Waals surface area contributed by atoms with E-state index in [0.29, 0.717) is 36.1 Å². The van der Waals surface area contributed by atoms with Crippen molar-refractivity contribution in [3.8, 4) is 5.75 Å². The molecule has 1 saturated carbocycles. The third kappa shape index (κ3) is 4.16. The first-order valence-corrected chi connectivity index (χ1v) is 9.72. The van der Waals surface area contributed by atoms with Crippen molar-refractivity contribution in [2.45, 2.75) is 64.9 Å². The number of rotatable bonds is 6. The summed E-state index contributed by atoms with van der Waals surface area (Å²) in [5, 5.41) is 1.43. The second kappa shape index (κ2) is 7.89. The summed E-state index contributed by atoms with van der Waals surface area (Å²) in [6.45, 7) is 4.11. The topological polar surface area (TPSA) is 9.23 Å². The third-order valence-electron chi connectivity index (χ3n) is 5.65. The predicted octanol–water partition coefficient (Wildman–Crippen LogP) is 7.12. The monoisotopic (exact) mass is 364 g/mol. The molecule has 2 aromatic carbocycles. The van der Waals surface area contributed by atoms with E-state index in [9.17, 15) is 13.2 Å². The minimum atomic E-state index is -3.19. The quantitative estimate of drug-likeness (QED) is 0.530. The fraction of sp³-hybridized carbons (Fsp3) is 0.545. The van der Waals surface area contributed by atoms with Crippen LogP contribution in [0.3, 0.4) is 0 Å². The first-order chi connectivity index (χ1) is 12.4. The van der Waals surface area contributed by atoms with E-state index in [2.05, 4.69) is 6.92 Å². The van der Waals surface area contributed by atoms with Crippen LogP contribution in [0.25, 0.3) is 10.8 Å². The molecule has 0 radical (unpaired) electrons. The Morgan fingerprint density at radius 3 is 2.38 bits per heavy atom. The van der Waals surface area contributed by atoms with Crippen LogP contribution in [0.15, 0.2) is 30.3 Å². The highest BCUT2D eigenvalue weighted by Gasteiger charge is 2.43. The number of benzene rings is 2. The van der Waals surface area contributed by atoms with Gasteiger partial charge in [0.15, 0.2) is 0 Å². The second-order valence-electron chi connectivity index (χ2n) is 7.49. The minimum absolute atomic E-state index is 0.0998. The van der Waals surface area contributed by atoms with E-state index >= 15 is 0 Å². The lowest BCUT2D eigenvalue weighted by Crippen LogP contribution is -2.37. The maximum atomic E-state index is 14.6. The second-order valence-corrected chi connectivity index (χ2v) is 7.49. The summed E-state index contributed by atoms with van der Waals surface area (Å²) in [6.07, 6.45) is 2.05. The van der Waals surface area contributed by atoms with E-state index in [0.717, 1.165) is 31.1 Å². The largest absolute Gasteiger partial charge is 0.432 e. The molecule has 0 heterocycles. The van der Waals surface area contributed by atoms with Crippen LogP contribution in [0, 0.1) is 17.7 Å². The molecular formula is C22H27F3O. The molecule has 4 heteroatoms. The summed E-state index contributed by atoms with van der Waals surface area (Å²) in [4.78, 5) is 0. The fourth-order valence-corrected chi connectivity index (χ4v) is 3.97. The van der Waals surface area contributed by atoms with E-state index in [4.69, 9.17) is 4.74 Å². The van der Waals surface area contributed by atoms with Crippen molar-refractivity contribution >= 4 is 10.8 Å². The highest BCUT2D eigenvalue weighted by molar-refractivity contribution is 5.84. The van der Waals surface area contributed by atoms with Gasteiger partial charge < -0.3 is 4.74 Å². The van der Waals surface area contributed by atoms with Crippen molar-refractivity contribution in [2.24, 2.45) is 11.8 Å². The number of aryl methyl sites for hydroxylation is 1. The molecule has 0 N–H and O–H groups in total. The Morgan fingerprint density at radius 1 is 1.00 bits per heavy atom. The number of hydrogen-bond acceptors (Lipinski definition) is 1. The molecule has 0 aliphatic heterocycles. The molecule has 1 aliphatic rings. The lowest BCUT2D eigenvalue weighted by Gasteiger charge is -2.33. The molecule has 1 nitrogen and oxygen atoms in total. The van der Waals surface area contributed by atoms with Gasteiger partial charge in [-0.2, -0.15) is 8.78 Å². The Labute approximate surface area is 153 Å². The molecule has 142 valence electrons. The maximum Gasteiger partial charge on any atom is 0.400 e. The summed E-state index contributed by atoms with van der Waals surface area (Å²) in [5.41, 5.74) is 0.659. The summed E-state index contributed by atoms with van der Waals surface area (Å²) in [6, 6.07) is 8.01. The molecule has 0 aromatic heterocycles. The van der Waals surface area contributed by atoms with E-state index < -0.39 is 12.0 Å². The minimum Gasteiger partial charge on any atom is -0.432 e. The molecule has 1 fully saturated rings. The molecule has 3 rings (SSSR count). The van der Waals surface area contributed by atoms with Crippen molar-refractivity contribution in [3.63, 3.8) is 0 Å². The molecule has 0 unspecified atom stereocenters. The summed E-state index contributed by atoms with van der Waals surface area (Å²) in [7, 11) is 0. The van der Waals surface area contributed by atoms with Gasteiger partial charge in [0.2, 0.25) is 0 Å². The Hall–Kier alpha value is -1.71. The van der Waals surface area contributed by atoms with Crippen LogP contribution < -0.4 is 4.74 Å². The van der Waals surface area contributed by atoms with Gasteiger partial charge in [-0.05, 0) is 78.6 Å². The van der Waals surface area contributed by atoms with Crippen LogP contribution in [0.4, 0.5) is 13.2 Å². The molecule has 0 amide bonds. The average molecular weight is 364 g/mol. The molecule has 0 atom stereocenters. The van der Waals surface area contributed by atoms with Gasteiger partial charge in [0.05, 0.1) is 5.92 Å². The highest BCUT2D eigenvalue weighted by Crippen LogP contribution is 2.41.